The summed E-state index contributed by atoms with van der Waals surface area (Å²) in [6.07, 6.45) is 2.52. The molecular formula is C12H11N5O. The van der Waals surface area contributed by atoms with E-state index >= 15 is 0 Å². The van der Waals surface area contributed by atoms with Gasteiger partial charge in [0.1, 0.15) is 11.9 Å². The van der Waals surface area contributed by atoms with Gasteiger partial charge in [-0.2, -0.15) is 10.4 Å². The number of nitrogens with zero attached hydrogens (tertiary/aromatic N) is 3. The number of nitriles is 1. The smallest absolute Gasteiger partial charge is 0.181 e. The normalized spacial score (nSPS) is 19.9. The minimum Gasteiger partial charge on any atom is -0.308 e. The van der Waals surface area contributed by atoms with Gasteiger partial charge in [0.25, 0.3) is 0 Å². The molecule has 6 nitrogen and oxygen atoms in total. The second-order valence-corrected chi connectivity index (χ2v) is 4.34. The molecule has 1 atom stereocenters. The molecule has 1 aliphatic rings. The molecule has 0 saturated carbocycles. The lowest BCUT2D eigenvalue weighted by Gasteiger charge is -2.21. The molecule has 0 aliphatic carbocycles. The molecule has 0 amide bonds. The molecule has 6 heteroatoms. The van der Waals surface area contributed by atoms with Crippen LogP contribution in [0.1, 0.15) is 30.1 Å². The Morgan fingerprint density at radius 3 is 3.17 bits per heavy atom. The molecule has 0 spiro atoms. The molecule has 2 aromatic rings. The van der Waals surface area contributed by atoms with Gasteiger partial charge in [0.05, 0.1) is 17.3 Å². The van der Waals surface area contributed by atoms with E-state index in [2.05, 4.69) is 26.6 Å². The van der Waals surface area contributed by atoms with Crippen LogP contribution in [0.4, 0.5) is 0 Å². The van der Waals surface area contributed by atoms with Gasteiger partial charge in [-0.15, -0.1) is 0 Å². The summed E-state index contributed by atoms with van der Waals surface area (Å²) in [6, 6.07) is 3.75. The number of aromatic amines is 1. The summed E-state index contributed by atoms with van der Waals surface area (Å²) in [5, 5.41) is 20.0. The zero-order chi connectivity index (χ0) is 12.5. The van der Waals surface area contributed by atoms with Gasteiger partial charge in [-0.25, -0.2) is 4.98 Å². The van der Waals surface area contributed by atoms with Crippen LogP contribution in [0.5, 0.6) is 0 Å². The van der Waals surface area contributed by atoms with E-state index < -0.39 is 0 Å². The molecule has 1 unspecified atom stereocenters. The molecule has 2 N–H and O–H groups in total. The number of piperidine rings is 1. The highest BCUT2D eigenvalue weighted by atomic mass is 16.1. The first kappa shape index (κ1) is 10.9. The van der Waals surface area contributed by atoms with Gasteiger partial charge in [0.2, 0.25) is 0 Å². The minimum atomic E-state index is -0.0630. The predicted molar refractivity (Wildman–Crippen MR) is 63.6 cm³/mol. The molecule has 90 valence electrons. The average Bonchev–Trinajstić information content (AvgIpc) is 2.81. The summed E-state index contributed by atoms with van der Waals surface area (Å²) in [5.74, 6) is 0.242. The second kappa shape index (κ2) is 4.20. The Kier molecular flexibility index (Phi) is 2.54. The topological polar surface area (TPSA) is 94.5 Å². The van der Waals surface area contributed by atoms with Gasteiger partial charge in [-0.05, 0) is 6.07 Å². The van der Waals surface area contributed by atoms with E-state index in [-0.39, 0.29) is 11.8 Å². The lowest BCUT2D eigenvalue weighted by atomic mass is 9.99. The number of rotatable bonds is 1. The number of ketones is 1. The van der Waals surface area contributed by atoms with E-state index in [1.54, 1.807) is 6.07 Å². The number of pyridine rings is 1. The predicted octanol–water partition coefficient (Wildman–Crippen LogP) is 0.823. The van der Waals surface area contributed by atoms with Crippen LogP contribution in [-0.4, -0.2) is 27.5 Å². The second-order valence-electron chi connectivity index (χ2n) is 4.34. The molecule has 1 fully saturated rings. The zero-order valence-corrected chi connectivity index (χ0v) is 9.60. The van der Waals surface area contributed by atoms with Crippen molar-refractivity contribution in [3.8, 4) is 6.07 Å². The van der Waals surface area contributed by atoms with Crippen LogP contribution < -0.4 is 5.32 Å². The quantitative estimate of drug-likeness (QED) is 0.770. The lowest BCUT2D eigenvalue weighted by molar-refractivity contribution is -0.120. The van der Waals surface area contributed by atoms with Crippen LogP contribution in [0.2, 0.25) is 0 Å². The summed E-state index contributed by atoms with van der Waals surface area (Å²) >= 11 is 0. The number of hydrogen-bond acceptors (Lipinski definition) is 5. The summed E-state index contributed by atoms with van der Waals surface area (Å²) in [4.78, 5) is 15.6. The Balaban J connectivity index is 2.06. The molecular weight excluding hydrogens is 230 g/mol. The van der Waals surface area contributed by atoms with E-state index in [1.165, 1.54) is 6.20 Å². The van der Waals surface area contributed by atoms with Crippen LogP contribution in [0, 0.1) is 11.3 Å². The van der Waals surface area contributed by atoms with E-state index in [1.807, 2.05) is 0 Å². The molecule has 1 aliphatic heterocycles. The zero-order valence-electron chi connectivity index (χ0n) is 9.60. The monoisotopic (exact) mass is 241 g/mol. The molecule has 18 heavy (non-hydrogen) atoms. The van der Waals surface area contributed by atoms with Crippen molar-refractivity contribution in [3.63, 3.8) is 0 Å². The first-order chi connectivity index (χ1) is 8.78. The fraction of sp³-hybridized carbons (Fsp3) is 0.333. The molecule has 1 saturated heterocycles. The highest BCUT2D eigenvalue weighted by Gasteiger charge is 2.24. The van der Waals surface area contributed by atoms with E-state index in [4.69, 9.17) is 5.26 Å². The first-order valence-electron chi connectivity index (χ1n) is 5.77. The summed E-state index contributed by atoms with van der Waals surface area (Å²) < 4.78 is 0. The first-order valence-corrected chi connectivity index (χ1v) is 5.77. The van der Waals surface area contributed by atoms with Crippen molar-refractivity contribution in [2.45, 2.75) is 18.9 Å². The summed E-state index contributed by atoms with van der Waals surface area (Å²) in [7, 11) is 0. The van der Waals surface area contributed by atoms with Crippen molar-refractivity contribution >= 4 is 16.8 Å². The Labute approximate surface area is 103 Å². The summed E-state index contributed by atoms with van der Waals surface area (Å²) in [5.41, 5.74) is 1.90. The van der Waals surface area contributed by atoms with Crippen molar-refractivity contribution < 1.29 is 4.79 Å². The maximum Gasteiger partial charge on any atom is 0.181 e. The fourth-order valence-electron chi connectivity index (χ4n) is 2.24. The highest BCUT2D eigenvalue weighted by Crippen LogP contribution is 2.25. The maximum atomic E-state index is 11.5. The molecule has 0 radical (unpaired) electrons. The maximum absolute atomic E-state index is 11.5. The molecule has 3 rings (SSSR count). The number of H-pyrrole nitrogens is 1. The number of fused-ring (bicyclic) bond motifs is 1. The highest BCUT2D eigenvalue weighted by molar-refractivity contribution is 5.83. The van der Waals surface area contributed by atoms with Gasteiger partial charge in [-0.3, -0.25) is 9.89 Å². The standard InChI is InChI=1S/C12H11N5O/c13-5-7-3-9-11(16-17-12(9)15-6-7)10-4-8(18)1-2-14-10/h3,6,10,14H,1-2,4H2,(H,15,16,17). The van der Waals surface area contributed by atoms with Crippen LogP contribution >= 0.6 is 0 Å². The average molecular weight is 241 g/mol. The van der Waals surface area contributed by atoms with Gasteiger partial charge in [-0.1, -0.05) is 0 Å². The number of hydrogen-bond donors (Lipinski definition) is 2. The van der Waals surface area contributed by atoms with E-state index in [9.17, 15) is 4.79 Å². The molecule has 2 aromatic heterocycles. The Morgan fingerprint density at radius 1 is 1.50 bits per heavy atom. The van der Waals surface area contributed by atoms with Crippen LogP contribution in [0.15, 0.2) is 12.3 Å². The minimum absolute atomic E-state index is 0.0630. The fourth-order valence-corrected chi connectivity index (χ4v) is 2.24. The third-order valence-electron chi connectivity index (χ3n) is 3.14. The number of Topliss-reactive ketones (excluding diaryl/α,β-unsaturated/α-hetero) is 1. The van der Waals surface area contributed by atoms with E-state index in [0.29, 0.717) is 30.6 Å². The van der Waals surface area contributed by atoms with Crippen molar-refractivity contribution in [1.82, 2.24) is 20.5 Å². The Hall–Kier alpha value is -2.26. The van der Waals surface area contributed by atoms with Crippen LogP contribution in [-0.2, 0) is 4.79 Å². The molecule has 3 heterocycles. The van der Waals surface area contributed by atoms with Crippen LogP contribution in [0.25, 0.3) is 11.0 Å². The molecule has 0 bridgehead atoms. The van der Waals surface area contributed by atoms with Crippen molar-refractivity contribution in [2.75, 3.05) is 6.54 Å². The van der Waals surface area contributed by atoms with Gasteiger partial charge < -0.3 is 5.32 Å². The molecule has 0 aromatic carbocycles. The van der Waals surface area contributed by atoms with Gasteiger partial charge >= 0.3 is 0 Å². The van der Waals surface area contributed by atoms with Gasteiger partial charge in [0.15, 0.2) is 5.65 Å². The summed E-state index contributed by atoms with van der Waals surface area (Å²) in [6.45, 7) is 0.676. The van der Waals surface area contributed by atoms with Crippen molar-refractivity contribution in [3.05, 3.63) is 23.5 Å². The number of aromatic nitrogens is 3. The lowest BCUT2D eigenvalue weighted by Crippen LogP contribution is -2.32. The Morgan fingerprint density at radius 2 is 2.39 bits per heavy atom. The number of nitrogens with one attached hydrogen (secondary N) is 2. The SMILES string of the molecule is N#Cc1cnc2n[nH]c(C3CC(=O)CCN3)c2c1. The van der Waals surface area contributed by atoms with Crippen molar-refractivity contribution in [1.29, 1.82) is 5.26 Å². The third kappa shape index (κ3) is 1.75. The number of carbonyl (C=O) groups excluding carboxylic acids is 1. The number of carbonyl (C=O) groups is 1. The largest absolute Gasteiger partial charge is 0.308 e. The van der Waals surface area contributed by atoms with E-state index in [0.717, 1.165) is 11.1 Å². The Bertz CT molecular complexity index is 654. The van der Waals surface area contributed by atoms with Gasteiger partial charge in [0, 0.05) is 31.0 Å². The van der Waals surface area contributed by atoms with Crippen molar-refractivity contribution in [2.24, 2.45) is 0 Å². The third-order valence-corrected chi connectivity index (χ3v) is 3.14. The van der Waals surface area contributed by atoms with Crippen LogP contribution in [0.3, 0.4) is 0 Å².